The van der Waals surface area contributed by atoms with Crippen LogP contribution in [0, 0.1) is 0 Å². The maximum Gasteiger partial charge on any atom is 0.150 e. The summed E-state index contributed by atoms with van der Waals surface area (Å²) in [5, 5.41) is -0.0932. The van der Waals surface area contributed by atoms with E-state index in [-0.39, 0.29) is 5.25 Å². The Bertz CT molecular complexity index is 219. The lowest BCUT2D eigenvalue weighted by Crippen LogP contribution is -2.19. The molecule has 0 fully saturated rings. The second-order valence-corrected chi connectivity index (χ2v) is 6.42. The van der Waals surface area contributed by atoms with Crippen LogP contribution in [-0.2, 0) is 9.84 Å². The predicted octanol–water partition coefficient (Wildman–Crippen LogP) is 3.17. The first-order valence-corrected chi connectivity index (χ1v) is 7.66. The summed E-state index contributed by atoms with van der Waals surface area (Å²) in [5.41, 5.74) is 0. The highest BCUT2D eigenvalue weighted by molar-refractivity contribution is 7.91. The van der Waals surface area contributed by atoms with E-state index < -0.39 is 9.84 Å². The summed E-state index contributed by atoms with van der Waals surface area (Å²) in [5.74, 6) is 0. The minimum Gasteiger partial charge on any atom is -0.229 e. The van der Waals surface area contributed by atoms with Crippen molar-refractivity contribution in [3.63, 3.8) is 0 Å². The maximum absolute atomic E-state index is 11.4. The molecular weight excluding hydrogens is 196 g/mol. The molecule has 0 rings (SSSR count). The van der Waals surface area contributed by atoms with Gasteiger partial charge in [0.2, 0.25) is 0 Å². The molecule has 0 aliphatic heterocycles. The van der Waals surface area contributed by atoms with Crippen LogP contribution in [0.5, 0.6) is 0 Å². The van der Waals surface area contributed by atoms with Crippen molar-refractivity contribution in [2.24, 2.45) is 0 Å². The van der Waals surface area contributed by atoms with E-state index in [4.69, 9.17) is 0 Å². The Balaban J connectivity index is 3.87. The lowest BCUT2D eigenvalue weighted by atomic mass is 10.1. The summed E-state index contributed by atoms with van der Waals surface area (Å²) in [6.07, 6.45) is 8.67. The van der Waals surface area contributed by atoms with Gasteiger partial charge in [-0.2, -0.15) is 0 Å². The van der Waals surface area contributed by atoms with Crippen LogP contribution in [0.4, 0.5) is 0 Å². The van der Waals surface area contributed by atoms with Crippen LogP contribution in [0.1, 0.15) is 58.8 Å². The van der Waals surface area contributed by atoms with Crippen molar-refractivity contribution >= 4 is 9.84 Å². The Hall–Kier alpha value is -0.0500. The van der Waals surface area contributed by atoms with Gasteiger partial charge in [-0.05, 0) is 12.8 Å². The molecule has 0 bridgehead atoms. The fraction of sp³-hybridized carbons (Fsp3) is 1.00. The third-order valence-corrected chi connectivity index (χ3v) is 4.28. The van der Waals surface area contributed by atoms with Crippen molar-refractivity contribution in [2.45, 2.75) is 64.0 Å². The molecule has 0 aromatic carbocycles. The zero-order valence-corrected chi connectivity index (χ0v) is 10.6. The SMILES string of the molecule is CCCCCCC(CCC)S(C)(=O)=O. The van der Waals surface area contributed by atoms with Crippen LogP contribution in [0.15, 0.2) is 0 Å². The van der Waals surface area contributed by atoms with Crippen LogP contribution in [0.25, 0.3) is 0 Å². The number of hydrogen-bond donors (Lipinski definition) is 0. The van der Waals surface area contributed by atoms with Gasteiger partial charge in [-0.25, -0.2) is 8.42 Å². The van der Waals surface area contributed by atoms with Crippen LogP contribution in [0.3, 0.4) is 0 Å². The van der Waals surface area contributed by atoms with Crippen molar-refractivity contribution in [2.75, 3.05) is 6.26 Å². The van der Waals surface area contributed by atoms with Gasteiger partial charge in [-0.1, -0.05) is 46.0 Å². The second-order valence-electron chi connectivity index (χ2n) is 4.09. The van der Waals surface area contributed by atoms with Crippen LogP contribution in [0.2, 0.25) is 0 Å². The number of sulfone groups is 1. The lowest BCUT2D eigenvalue weighted by molar-refractivity contribution is 0.542. The summed E-state index contributed by atoms with van der Waals surface area (Å²) >= 11 is 0. The molecule has 1 atom stereocenters. The molecular formula is C11H24O2S. The van der Waals surface area contributed by atoms with E-state index in [0.29, 0.717) is 0 Å². The molecule has 1 unspecified atom stereocenters. The standard InChI is InChI=1S/C11H24O2S/c1-4-6-7-8-10-11(9-5-2)14(3,12)13/h11H,4-10H2,1-3H3. The minimum atomic E-state index is -2.81. The zero-order chi connectivity index (χ0) is 11.0. The largest absolute Gasteiger partial charge is 0.229 e. The van der Waals surface area contributed by atoms with E-state index in [1.54, 1.807) is 0 Å². The van der Waals surface area contributed by atoms with Gasteiger partial charge >= 0.3 is 0 Å². The Labute approximate surface area is 89.0 Å². The van der Waals surface area contributed by atoms with Gasteiger partial charge in [-0.3, -0.25) is 0 Å². The van der Waals surface area contributed by atoms with E-state index in [2.05, 4.69) is 6.92 Å². The summed E-state index contributed by atoms with van der Waals surface area (Å²) in [4.78, 5) is 0. The van der Waals surface area contributed by atoms with Gasteiger partial charge in [0.15, 0.2) is 0 Å². The molecule has 0 spiro atoms. The Morgan fingerprint density at radius 2 is 1.57 bits per heavy atom. The molecule has 0 N–H and O–H groups in total. The average molecular weight is 220 g/mol. The molecule has 0 aromatic heterocycles. The highest BCUT2D eigenvalue weighted by atomic mass is 32.2. The third kappa shape index (κ3) is 6.41. The predicted molar refractivity (Wildman–Crippen MR) is 62.3 cm³/mol. The van der Waals surface area contributed by atoms with E-state index >= 15 is 0 Å². The van der Waals surface area contributed by atoms with E-state index in [9.17, 15) is 8.42 Å². The van der Waals surface area contributed by atoms with E-state index in [0.717, 1.165) is 25.7 Å². The highest BCUT2D eigenvalue weighted by Crippen LogP contribution is 2.16. The quantitative estimate of drug-likeness (QED) is 0.589. The molecule has 0 heterocycles. The third-order valence-electron chi connectivity index (χ3n) is 2.60. The molecule has 0 saturated heterocycles. The topological polar surface area (TPSA) is 34.1 Å². The zero-order valence-electron chi connectivity index (χ0n) is 9.75. The molecule has 0 amide bonds. The Morgan fingerprint density at radius 1 is 0.929 bits per heavy atom. The molecule has 86 valence electrons. The number of rotatable bonds is 8. The van der Waals surface area contributed by atoms with Crippen molar-refractivity contribution in [3.8, 4) is 0 Å². The van der Waals surface area contributed by atoms with Gasteiger partial charge in [0.1, 0.15) is 9.84 Å². The molecule has 0 aliphatic rings. The normalized spacial score (nSPS) is 14.2. The molecule has 0 aromatic rings. The average Bonchev–Trinajstić information content (AvgIpc) is 2.08. The monoisotopic (exact) mass is 220 g/mol. The van der Waals surface area contributed by atoms with Crippen molar-refractivity contribution in [1.29, 1.82) is 0 Å². The molecule has 0 saturated carbocycles. The smallest absolute Gasteiger partial charge is 0.150 e. The Kier molecular flexibility index (Phi) is 7.24. The second kappa shape index (κ2) is 7.27. The van der Waals surface area contributed by atoms with Gasteiger partial charge in [-0.15, -0.1) is 0 Å². The fourth-order valence-corrected chi connectivity index (χ4v) is 2.95. The minimum absolute atomic E-state index is 0.0932. The summed E-state index contributed by atoms with van der Waals surface area (Å²) in [6, 6.07) is 0. The summed E-state index contributed by atoms with van der Waals surface area (Å²) in [7, 11) is -2.81. The molecule has 0 aliphatic carbocycles. The van der Waals surface area contributed by atoms with Crippen LogP contribution < -0.4 is 0 Å². The lowest BCUT2D eigenvalue weighted by Gasteiger charge is -2.13. The van der Waals surface area contributed by atoms with Crippen molar-refractivity contribution in [3.05, 3.63) is 0 Å². The van der Waals surface area contributed by atoms with E-state index in [1.807, 2.05) is 6.92 Å². The van der Waals surface area contributed by atoms with E-state index in [1.165, 1.54) is 25.5 Å². The first kappa shape index (κ1) is 13.9. The summed E-state index contributed by atoms with van der Waals surface area (Å²) in [6.45, 7) is 4.21. The molecule has 3 heteroatoms. The van der Waals surface area contributed by atoms with Crippen LogP contribution >= 0.6 is 0 Å². The van der Waals surface area contributed by atoms with Crippen molar-refractivity contribution in [1.82, 2.24) is 0 Å². The molecule has 0 radical (unpaired) electrons. The number of unbranched alkanes of at least 4 members (excludes halogenated alkanes) is 3. The van der Waals surface area contributed by atoms with Gasteiger partial charge in [0.05, 0.1) is 5.25 Å². The highest BCUT2D eigenvalue weighted by Gasteiger charge is 2.18. The summed E-state index contributed by atoms with van der Waals surface area (Å²) < 4.78 is 22.8. The molecule has 2 nitrogen and oxygen atoms in total. The van der Waals surface area contributed by atoms with Crippen molar-refractivity contribution < 1.29 is 8.42 Å². The van der Waals surface area contributed by atoms with Gasteiger partial charge < -0.3 is 0 Å². The number of hydrogen-bond acceptors (Lipinski definition) is 2. The van der Waals surface area contributed by atoms with Gasteiger partial charge in [0.25, 0.3) is 0 Å². The van der Waals surface area contributed by atoms with Crippen LogP contribution in [-0.4, -0.2) is 19.9 Å². The first-order chi connectivity index (χ1) is 6.52. The fourth-order valence-electron chi connectivity index (χ4n) is 1.69. The molecule has 14 heavy (non-hydrogen) atoms. The Morgan fingerprint density at radius 3 is 2.00 bits per heavy atom. The first-order valence-electron chi connectivity index (χ1n) is 5.71. The maximum atomic E-state index is 11.4. The van der Waals surface area contributed by atoms with Gasteiger partial charge in [0, 0.05) is 6.26 Å².